The SMILES string of the molecule is CC1CCC(CNC2CCCCC2c2ccccc2)CC1. The van der Waals surface area contributed by atoms with Crippen LogP contribution in [-0.2, 0) is 0 Å². The van der Waals surface area contributed by atoms with Gasteiger partial charge in [-0.2, -0.15) is 0 Å². The zero-order valence-electron chi connectivity index (χ0n) is 13.6. The van der Waals surface area contributed by atoms with E-state index in [0.717, 1.165) is 17.8 Å². The summed E-state index contributed by atoms with van der Waals surface area (Å²) in [7, 11) is 0. The molecule has 3 rings (SSSR count). The van der Waals surface area contributed by atoms with Crippen molar-refractivity contribution in [2.45, 2.75) is 70.3 Å². The van der Waals surface area contributed by atoms with E-state index in [2.05, 4.69) is 42.6 Å². The van der Waals surface area contributed by atoms with Gasteiger partial charge in [-0.1, -0.05) is 62.9 Å². The lowest BCUT2D eigenvalue weighted by molar-refractivity contribution is 0.252. The van der Waals surface area contributed by atoms with Gasteiger partial charge in [0.2, 0.25) is 0 Å². The molecule has 1 nitrogen and oxygen atoms in total. The second kappa shape index (κ2) is 7.45. The van der Waals surface area contributed by atoms with Crippen LogP contribution >= 0.6 is 0 Å². The van der Waals surface area contributed by atoms with Gasteiger partial charge >= 0.3 is 0 Å². The van der Waals surface area contributed by atoms with E-state index in [1.807, 2.05) is 0 Å². The zero-order valence-corrected chi connectivity index (χ0v) is 13.6. The second-order valence-electron chi connectivity index (χ2n) is 7.44. The molecule has 2 unspecified atom stereocenters. The molecule has 0 aliphatic heterocycles. The Labute approximate surface area is 130 Å². The second-order valence-corrected chi connectivity index (χ2v) is 7.44. The minimum Gasteiger partial charge on any atom is -0.313 e. The highest BCUT2D eigenvalue weighted by molar-refractivity contribution is 5.22. The molecule has 1 aromatic rings. The Morgan fingerprint density at radius 2 is 1.62 bits per heavy atom. The van der Waals surface area contributed by atoms with E-state index >= 15 is 0 Å². The Kier molecular flexibility index (Phi) is 5.35. The van der Waals surface area contributed by atoms with Crippen molar-refractivity contribution in [2.24, 2.45) is 11.8 Å². The quantitative estimate of drug-likeness (QED) is 0.808. The highest BCUT2D eigenvalue weighted by Gasteiger charge is 2.27. The summed E-state index contributed by atoms with van der Waals surface area (Å²) in [5.74, 6) is 2.63. The molecular formula is C20H31N. The van der Waals surface area contributed by atoms with Gasteiger partial charge in [-0.3, -0.25) is 0 Å². The number of benzene rings is 1. The van der Waals surface area contributed by atoms with Gasteiger partial charge in [-0.05, 0) is 55.5 Å². The van der Waals surface area contributed by atoms with Crippen LogP contribution in [0.25, 0.3) is 0 Å². The maximum Gasteiger partial charge on any atom is 0.0136 e. The van der Waals surface area contributed by atoms with Crippen LogP contribution in [0.3, 0.4) is 0 Å². The van der Waals surface area contributed by atoms with Crippen LogP contribution < -0.4 is 5.32 Å². The maximum atomic E-state index is 3.95. The Morgan fingerprint density at radius 3 is 2.38 bits per heavy atom. The van der Waals surface area contributed by atoms with Crippen molar-refractivity contribution in [3.05, 3.63) is 35.9 Å². The Bertz CT molecular complexity index is 405. The lowest BCUT2D eigenvalue weighted by atomic mass is 9.79. The molecule has 2 atom stereocenters. The van der Waals surface area contributed by atoms with E-state index in [9.17, 15) is 0 Å². The molecule has 2 aliphatic rings. The molecule has 2 fully saturated rings. The average molecular weight is 285 g/mol. The van der Waals surface area contributed by atoms with Crippen molar-refractivity contribution in [1.82, 2.24) is 5.32 Å². The minimum atomic E-state index is 0.709. The van der Waals surface area contributed by atoms with Crippen LogP contribution in [0.15, 0.2) is 30.3 Å². The molecule has 2 saturated carbocycles. The predicted octanol–water partition coefficient (Wildman–Crippen LogP) is 5.13. The first-order chi connectivity index (χ1) is 10.3. The molecular weight excluding hydrogens is 254 g/mol. The summed E-state index contributed by atoms with van der Waals surface area (Å²) >= 11 is 0. The molecule has 1 aromatic carbocycles. The van der Waals surface area contributed by atoms with E-state index in [-0.39, 0.29) is 0 Å². The smallest absolute Gasteiger partial charge is 0.0136 e. The third kappa shape index (κ3) is 4.10. The van der Waals surface area contributed by atoms with Gasteiger partial charge in [-0.15, -0.1) is 0 Å². The molecule has 1 heteroatoms. The number of rotatable bonds is 4. The van der Waals surface area contributed by atoms with Gasteiger partial charge in [0.15, 0.2) is 0 Å². The first-order valence-corrected chi connectivity index (χ1v) is 9.11. The summed E-state index contributed by atoms with van der Waals surface area (Å²) in [5.41, 5.74) is 1.55. The average Bonchev–Trinajstić information content (AvgIpc) is 2.55. The lowest BCUT2D eigenvalue weighted by Gasteiger charge is -2.35. The standard InChI is InChI=1S/C20H31N/c1-16-11-13-17(14-12-16)15-21-20-10-6-5-9-19(20)18-7-3-2-4-8-18/h2-4,7-8,16-17,19-21H,5-6,9-15H2,1H3. The third-order valence-corrected chi connectivity index (χ3v) is 5.80. The third-order valence-electron chi connectivity index (χ3n) is 5.80. The zero-order chi connectivity index (χ0) is 14.5. The largest absolute Gasteiger partial charge is 0.313 e. The monoisotopic (exact) mass is 285 g/mol. The summed E-state index contributed by atoms with van der Waals surface area (Å²) in [6, 6.07) is 11.9. The van der Waals surface area contributed by atoms with Crippen LogP contribution in [0.1, 0.15) is 69.8 Å². The molecule has 21 heavy (non-hydrogen) atoms. The van der Waals surface area contributed by atoms with Crippen molar-refractivity contribution < 1.29 is 0 Å². The molecule has 0 saturated heterocycles. The minimum absolute atomic E-state index is 0.709. The van der Waals surface area contributed by atoms with Gasteiger partial charge in [0.05, 0.1) is 0 Å². The summed E-state index contributed by atoms with van der Waals surface area (Å²) in [4.78, 5) is 0. The fraction of sp³-hybridized carbons (Fsp3) is 0.700. The molecule has 1 N–H and O–H groups in total. The van der Waals surface area contributed by atoms with E-state index < -0.39 is 0 Å². The molecule has 0 bridgehead atoms. The van der Waals surface area contributed by atoms with Gasteiger partial charge in [0.1, 0.15) is 0 Å². The molecule has 116 valence electrons. The van der Waals surface area contributed by atoms with Crippen molar-refractivity contribution in [2.75, 3.05) is 6.54 Å². The maximum absolute atomic E-state index is 3.95. The van der Waals surface area contributed by atoms with Crippen molar-refractivity contribution in [3.63, 3.8) is 0 Å². The Balaban J connectivity index is 1.55. The van der Waals surface area contributed by atoms with Gasteiger partial charge in [0, 0.05) is 6.04 Å². The van der Waals surface area contributed by atoms with Crippen LogP contribution in [0.4, 0.5) is 0 Å². The van der Waals surface area contributed by atoms with Crippen molar-refractivity contribution in [3.8, 4) is 0 Å². The van der Waals surface area contributed by atoms with Crippen LogP contribution in [0.2, 0.25) is 0 Å². The number of nitrogens with one attached hydrogen (secondary N) is 1. The topological polar surface area (TPSA) is 12.0 Å². The molecule has 0 radical (unpaired) electrons. The summed E-state index contributed by atoms with van der Waals surface area (Å²) < 4.78 is 0. The van der Waals surface area contributed by atoms with Crippen LogP contribution in [0, 0.1) is 11.8 Å². The predicted molar refractivity (Wildman–Crippen MR) is 90.6 cm³/mol. The fourth-order valence-electron chi connectivity index (χ4n) is 4.33. The molecule has 0 heterocycles. The highest BCUT2D eigenvalue weighted by atomic mass is 14.9. The fourth-order valence-corrected chi connectivity index (χ4v) is 4.33. The van der Waals surface area contributed by atoms with Gasteiger partial charge in [-0.25, -0.2) is 0 Å². The number of hydrogen-bond acceptors (Lipinski definition) is 1. The van der Waals surface area contributed by atoms with E-state index in [4.69, 9.17) is 0 Å². The summed E-state index contributed by atoms with van der Waals surface area (Å²) in [6.45, 7) is 3.66. The first-order valence-electron chi connectivity index (χ1n) is 9.11. The molecule has 0 spiro atoms. The van der Waals surface area contributed by atoms with E-state index in [0.29, 0.717) is 6.04 Å². The lowest BCUT2D eigenvalue weighted by Crippen LogP contribution is -2.40. The first kappa shape index (κ1) is 15.1. The van der Waals surface area contributed by atoms with E-state index in [1.54, 1.807) is 5.56 Å². The molecule has 2 aliphatic carbocycles. The summed E-state index contributed by atoms with van der Waals surface area (Å²) in [5, 5.41) is 3.95. The normalized spacial score (nSPS) is 33.8. The van der Waals surface area contributed by atoms with Crippen LogP contribution in [-0.4, -0.2) is 12.6 Å². The number of hydrogen-bond donors (Lipinski definition) is 1. The summed E-state index contributed by atoms with van der Waals surface area (Å²) in [6.07, 6.45) is 11.3. The highest BCUT2D eigenvalue weighted by Crippen LogP contribution is 2.34. The molecule has 0 amide bonds. The van der Waals surface area contributed by atoms with Crippen molar-refractivity contribution in [1.29, 1.82) is 0 Å². The van der Waals surface area contributed by atoms with Gasteiger partial charge < -0.3 is 5.32 Å². The van der Waals surface area contributed by atoms with Crippen molar-refractivity contribution >= 4 is 0 Å². The van der Waals surface area contributed by atoms with Gasteiger partial charge in [0.25, 0.3) is 0 Å². The Morgan fingerprint density at radius 1 is 0.905 bits per heavy atom. The Hall–Kier alpha value is -0.820. The molecule has 0 aromatic heterocycles. The van der Waals surface area contributed by atoms with E-state index in [1.165, 1.54) is 57.9 Å². The van der Waals surface area contributed by atoms with Crippen LogP contribution in [0.5, 0.6) is 0 Å².